The maximum absolute atomic E-state index is 13.6. The van der Waals surface area contributed by atoms with Gasteiger partial charge in [-0.05, 0) is 0 Å². The summed E-state index contributed by atoms with van der Waals surface area (Å²) in [6, 6.07) is 6.11. The third-order valence-electron chi connectivity index (χ3n) is 8.09. The maximum atomic E-state index is 13.6. The molecule has 0 atom stereocenters. The van der Waals surface area contributed by atoms with Crippen LogP contribution in [0.25, 0.3) is 0 Å². The van der Waals surface area contributed by atoms with Gasteiger partial charge in [-0.2, -0.15) is 0 Å². The molecule has 0 amide bonds. The third kappa shape index (κ3) is 14.4. The van der Waals surface area contributed by atoms with Crippen molar-refractivity contribution in [1.82, 2.24) is 0 Å². The fraction of sp³-hybridized carbons (Fsp3) is 0.788. The van der Waals surface area contributed by atoms with Crippen LogP contribution in [0.2, 0.25) is 13.3 Å². The Labute approximate surface area is 230 Å². The quantitative estimate of drug-likeness (QED) is 0.0914. The summed E-state index contributed by atoms with van der Waals surface area (Å²) in [5.74, 6) is -0.00468. The number of unbranched alkanes of at least 4 members (excludes halogenated alkanes) is 15. The molecule has 36 heavy (non-hydrogen) atoms. The Bertz CT molecular complexity index is 643. The molecule has 3 heteroatoms. The van der Waals surface area contributed by atoms with Crippen LogP contribution in [0.1, 0.15) is 158 Å². The molecule has 0 aliphatic rings. The molecule has 0 heterocycles. The van der Waals surface area contributed by atoms with E-state index in [1.54, 1.807) is 0 Å². The van der Waals surface area contributed by atoms with Gasteiger partial charge in [0.15, 0.2) is 0 Å². The molecule has 2 nitrogen and oxygen atoms in total. The van der Waals surface area contributed by atoms with Crippen LogP contribution in [0.3, 0.4) is 0 Å². The van der Waals surface area contributed by atoms with Crippen molar-refractivity contribution in [3.63, 3.8) is 0 Å². The summed E-state index contributed by atoms with van der Waals surface area (Å²) in [5.41, 5.74) is 3.10. The molecule has 0 fully saturated rings. The fourth-order valence-corrected chi connectivity index (χ4v) is 17.5. The average molecular weight is 608 g/mol. The number of hydrogen-bond donors (Lipinski definition) is 0. The molecule has 0 bridgehead atoms. The first-order valence-corrected chi connectivity index (χ1v) is 23.0. The van der Waals surface area contributed by atoms with Crippen molar-refractivity contribution in [3.05, 3.63) is 34.9 Å². The minimum absolute atomic E-state index is 0.00468. The van der Waals surface area contributed by atoms with Crippen LogP contribution in [-0.2, 0) is 3.07 Å². The van der Waals surface area contributed by atoms with Gasteiger partial charge in [-0.1, -0.05) is 0 Å². The zero-order chi connectivity index (χ0) is 26.5. The van der Waals surface area contributed by atoms with Gasteiger partial charge in [0.2, 0.25) is 0 Å². The number of carbonyl (C=O) groups excluding carboxylic acids is 1. The first kappa shape index (κ1) is 33.5. The number of hydrogen-bond acceptors (Lipinski definition) is 2. The van der Waals surface area contributed by atoms with E-state index in [0.29, 0.717) is 0 Å². The molecule has 0 aliphatic carbocycles. The molecule has 0 radical (unpaired) electrons. The summed E-state index contributed by atoms with van der Waals surface area (Å²) in [4.78, 5) is 13.6. The molecule has 0 spiro atoms. The van der Waals surface area contributed by atoms with Crippen LogP contribution in [0.4, 0.5) is 0 Å². The number of rotatable bonds is 23. The summed E-state index contributed by atoms with van der Waals surface area (Å²) >= 11 is -3.08. The van der Waals surface area contributed by atoms with Gasteiger partial charge in [0, 0.05) is 0 Å². The van der Waals surface area contributed by atoms with Gasteiger partial charge >= 0.3 is 231 Å². The summed E-state index contributed by atoms with van der Waals surface area (Å²) in [6.07, 6.45) is 23.8. The van der Waals surface area contributed by atoms with Crippen molar-refractivity contribution in [2.24, 2.45) is 0 Å². The Hall–Kier alpha value is -0.511. The van der Waals surface area contributed by atoms with Crippen LogP contribution in [0.5, 0.6) is 0 Å². The second-order valence-electron chi connectivity index (χ2n) is 11.4. The monoisotopic (exact) mass is 608 g/mol. The molecule has 0 unspecified atom stereocenters. The molecule has 1 aromatic carbocycles. The molecular weight excluding hydrogens is 547 g/mol. The van der Waals surface area contributed by atoms with Crippen LogP contribution < -0.4 is 0 Å². The van der Waals surface area contributed by atoms with Crippen molar-refractivity contribution in [2.45, 2.75) is 164 Å². The van der Waals surface area contributed by atoms with Crippen molar-refractivity contribution in [1.29, 1.82) is 0 Å². The molecule has 208 valence electrons. The van der Waals surface area contributed by atoms with Crippen molar-refractivity contribution >= 4 is 24.8 Å². The first-order chi connectivity index (χ1) is 17.5. The SMILES string of the molecule is CCCCCCC[CH2][Sn]([CH2]CCCCCCC)([CH2]CCCCCCC)[O]C(=O)c1cccc(C)c1C. The van der Waals surface area contributed by atoms with E-state index in [9.17, 15) is 4.79 Å². The second kappa shape index (κ2) is 21.4. The van der Waals surface area contributed by atoms with Gasteiger partial charge in [-0.15, -0.1) is 0 Å². The molecular formula is C33H60O2Sn. The minimum atomic E-state index is -3.08. The zero-order valence-electron chi connectivity index (χ0n) is 24.9. The third-order valence-corrected chi connectivity index (χ3v) is 20.7. The summed E-state index contributed by atoms with van der Waals surface area (Å²) in [6.45, 7) is 11.0. The van der Waals surface area contributed by atoms with E-state index in [1.807, 2.05) is 12.1 Å². The zero-order valence-corrected chi connectivity index (χ0v) is 27.8. The number of benzene rings is 1. The van der Waals surface area contributed by atoms with E-state index >= 15 is 0 Å². The van der Waals surface area contributed by atoms with E-state index in [2.05, 4.69) is 40.7 Å². The summed E-state index contributed by atoms with van der Waals surface area (Å²) in [5, 5.41) is 0. The Morgan fingerprint density at radius 3 is 1.42 bits per heavy atom. The van der Waals surface area contributed by atoms with Crippen molar-refractivity contribution < 1.29 is 7.87 Å². The molecule has 1 rings (SSSR count). The summed E-state index contributed by atoms with van der Waals surface area (Å²) in [7, 11) is 0. The van der Waals surface area contributed by atoms with Gasteiger partial charge < -0.3 is 0 Å². The predicted molar refractivity (Wildman–Crippen MR) is 162 cm³/mol. The molecule has 0 aliphatic heterocycles. The fourth-order valence-electron chi connectivity index (χ4n) is 5.43. The first-order valence-electron chi connectivity index (χ1n) is 15.8. The van der Waals surface area contributed by atoms with Crippen LogP contribution >= 0.6 is 0 Å². The summed E-state index contributed by atoms with van der Waals surface area (Å²) < 4.78 is 10.5. The van der Waals surface area contributed by atoms with Crippen LogP contribution in [0.15, 0.2) is 18.2 Å². The van der Waals surface area contributed by atoms with Crippen molar-refractivity contribution in [2.75, 3.05) is 0 Å². The molecule has 0 saturated carbocycles. The Kier molecular flexibility index (Phi) is 19.9. The van der Waals surface area contributed by atoms with E-state index in [-0.39, 0.29) is 5.97 Å². The molecule has 0 N–H and O–H groups in total. The molecule has 0 aromatic heterocycles. The van der Waals surface area contributed by atoms with Crippen LogP contribution in [-0.4, -0.2) is 24.8 Å². The van der Waals surface area contributed by atoms with E-state index in [4.69, 9.17) is 3.07 Å². The topological polar surface area (TPSA) is 26.3 Å². The van der Waals surface area contributed by atoms with E-state index < -0.39 is 18.8 Å². The molecule has 1 aromatic rings. The Morgan fingerprint density at radius 1 is 0.611 bits per heavy atom. The van der Waals surface area contributed by atoms with E-state index in [1.165, 1.54) is 134 Å². The van der Waals surface area contributed by atoms with E-state index in [0.717, 1.165) is 11.1 Å². The van der Waals surface area contributed by atoms with Gasteiger partial charge in [-0.3, -0.25) is 0 Å². The van der Waals surface area contributed by atoms with Gasteiger partial charge in [0.05, 0.1) is 0 Å². The number of carbonyl (C=O) groups is 1. The standard InChI is InChI=1S/C9H10O2.3C8H17.Sn/c1-6-4-3-5-8(7(6)2)9(10)11;3*1-3-5-7-8-6-4-2;/h3-5H,1-2H3,(H,10,11);3*1,3-8H2,2H3;/q;;;;+1/p-1. The van der Waals surface area contributed by atoms with Crippen molar-refractivity contribution in [3.8, 4) is 0 Å². The predicted octanol–water partition coefficient (Wildman–Crippen LogP) is 11.5. The second-order valence-corrected chi connectivity index (χ2v) is 23.0. The van der Waals surface area contributed by atoms with Gasteiger partial charge in [0.25, 0.3) is 0 Å². The Balaban J connectivity index is 2.93. The Morgan fingerprint density at radius 2 is 1.00 bits per heavy atom. The normalized spacial score (nSPS) is 11.7. The average Bonchev–Trinajstić information content (AvgIpc) is 2.87. The van der Waals surface area contributed by atoms with Gasteiger partial charge in [-0.25, -0.2) is 0 Å². The van der Waals surface area contributed by atoms with Gasteiger partial charge in [0.1, 0.15) is 0 Å². The number of aryl methyl sites for hydroxylation is 1. The molecule has 0 saturated heterocycles. The van der Waals surface area contributed by atoms with Crippen LogP contribution in [0, 0.1) is 13.8 Å².